The van der Waals surface area contributed by atoms with E-state index in [1.165, 1.54) is 0 Å². The fourth-order valence-corrected chi connectivity index (χ4v) is 3.47. The van der Waals surface area contributed by atoms with Crippen molar-refractivity contribution in [1.29, 1.82) is 0 Å². The number of halogens is 1. The molecule has 1 saturated heterocycles. The fourth-order valence-electron chi connectivity index (χ4n) is 3.47. The summed E-state index contributed by atoms with van der Waals surface area (Å²) in [5.41, 5.74) is 8.81. The molecule has 7 nitrogen and oxygen atoms in total. The van der Waals surface area contributed by atoms with E-state index in [2.05, 4.69) is 10.3 Å². The number of fused-ring (bicyclic) bond motifs is 1. The number of anilines is 2. The van der Waals surface area contributed by atoms with Gasteiger partial charge in [0.05, 0.1) is 19.8 Å². The third kappa shape index (κ3) is 5.56. The number of hydrogen-bond donors (Lipinski definition) is 2. The van der Waals surface area contributed by atoms with Crippen LogP contribution in [0.5, 0.6) is 11.5 Å². The van der Waals surface area contributed by atoms with E-state index in [-0.39, 0.29) is 29.9 Å². The van der Waals surface area contributed by atoms with Crippen LogP contribution in [0.25, 0.3) is 0 Å². The van der Waals surface area contributed by atoms with E-state index in [0.29, 0.717) is 37.9 Å². The SMILES string of the molecule is I.NC(=NCc1ccc(N2CCCCC2=O)cc1)Nc1ccc2c(c1)OCCCO2. The van der Waals surface area contributed by atoms with Crippen molar-refractivity contribution >= 4 is 47.2 Å². The Hall–Kier alpha value is -2.49. The number of ether oxygens (including phenoxy) is 2. The molecular formula is C22H27IN4O3. The highest BCUT2D eigenvalue weighted by atomic mass is 127. The molecule has 2 aromatic rings. The minimum absolute atomic E-state index is 0. The monoisotopic (exact) mass is 522 g/mol. The first-order valence-electron chi connectivity index (χ1n) is 10.0. The quantitative estimate of drug-likeness (QED) is 0.361. The number of amides is 1. The molecule has 2 heterocycles. The number of aliphatic imine (C=N–C) groups is 1. The lowest BCUT2D eigenvalue weighted by atomic mass is 10.1. The normalized spacial score (nSPS) is 16.5. The van der Waals surface area contributed by atoms with E-state index >= 15 is 0 Å². The summed E-state index contributed by atoms with van der Waals surface area (Å²) in [5.74, 6) is 1.99. The number of nitrogens with two attached hydrogens (primary N) is 1. The number of rotatable bonds is 4. The first-order valence-corrected chi connectivity index (χ1v) is 10.0. The average Bonchev–Trinajstić information content (AvgIpc) is 2.98. The van der Waals surface area contributed by atoms with Crippen molar-refractivity contribution in [1.82, 2.24) is 0 Å². The van der Waals surface area contributed by atoms with Gasteiger partial charge in [-0.25, -0.2) is 4.99 Å². The molecule has 0 bridgehead atoms. The lowest BCUT2D eigenvalue weighted by molar-refractivity contribution is -0.119. The van der Waals surface area contributed by atoms with Crippen molar-refractivity contribution in [2.24, 2.45) is 10.7 Å². The zero-order chi connectivity index (χ0) is 20.1. The second kappa shape index (κ2) is 10.5. The van der Waals surface area contributed by atoms with Gasteiger partial charge in [0.25, 0.3) is 0 Å². The highest BCUT2D eigenvalue weighted by Gasteiger charge is 2.19. The van der Waals surface area contributed by atoms with E-state index in [1.54, 1.807) is 0 Å². The van der Waals surface area contributed by atoms with Crippen molar-refractivity contribution in [3.63, 3.8) is 0 Å². The van der Waals surface area contributed by atoms with Crippen LogP contribution >= 0.6 is 24.0 Å². The van der Waals surface area contributed by atoms with Crippen molar-refractivity contribution in [3.05, 3.63) is 48.0 Å². The number of carbonyl (C=O) groups is 1. The summed E-state index contributed by atoms with van der Waals surface area (Å²) >= 11 is 0. The summed E-state index contributed by atoms with van der Waals surface area (Å²) in [6, 6.07) is 13.6. The van der Waals surface area contributed by atoms with Crippen LogP contribution < -0.4 is 25.4 Å². The van der Waals surface area contributed by atoms with E-state index in [9.17, 15) is 4.79 Å². The van der Waals surface area contributed by atoms with Gasteiger partial charge in [0.1, 0.15) is 0 Å². The summed E-state index contributed by atoms with van der Waals surface area (Å²) in [6.45, 7) is 2.55. The van der Waals surface area contributed by atoms with Crippen LogP contribution in [0.1, 0.15) is 31.2 Å². The van der Waals surface area contributed by atoms with E-state index < -0.39 is 0 Å². The lowest BCUT2D eigenvalue weighted by Gasteiger charge is -2.26. The molecule has 30 heavy (non-hydrogen) atoms. The van der Waals surface area contributed by atoms with Crippen LogP contribution in [0.4, 0.5) is 11.4 Å². The summed E-state index contributed by atoms with van der Waals surface area (Å²) in [6.07, 6.45) is 3.54. The van der Waals surface area contributed by atoms with Gasteiger partial charge in [-0.15, -0.1) is 24.0 Å². The Morgan fingerprint density at radius 3 is 2.57 bits per heavy atom. The van der Waals surface area contributed by atoms with E-state index in [4.69, 9.17) is 15.2 Å². The van der Waals surface area contributed by atoms with Crippen molar-refractivity contribution in [3.8, 4) is 11.5 Å². The number of nitrogens with one attached hydrogen (secondary N) is 1. The van der Waals surface area contributed by atoms with Crippen LogP contribution in [-0.2, 0) is 11.3 Å². The first kappa shape index (κ1) is 22.2. The van der Waals surface area contributed by atoms with Gasteiger partial charge in [-0.05, 0) is 42.7 Å². The summed E-state index contributed by atoms with van der Waals surface area (Å²) in [7, 11) is 0. The molecule has 0 unspecified atom stereocenters. The molecule has 1 amide bonds. The molecule has 4 rings (SSSR count). The van der Waals surface area contributed by atoms with E-state index in [0.717, 1.165) is 48.5 Å². The molecule has 2 aliphatic rings. The van der Waals surface area contributed by atoms with Gasteiger partial charge < -0.3 is 25.4 Å². The minimum atomic E-state index is 0. The Balaban J connectivity index is 0.00000256. The standard InChI is InChI=1S/C22H26N4O3.HI/c23-22(25-17-7-10-19-20(14-17)29-13-3-12-28-19)24-15-16-5-8-18(9-6-16)26-11-2-1-4-21(26)27;/h5-10,14H,1-4,11-13,15H2,(H3,23,24,25);1H. The number of carbonyl (C=O) groups excluding carboxylic acids is 1. The predicted octanol–water partition coefficient (Wildman–Crippen LogP) is 3.91. The highest BCUT2D eigenvalue weighted by Crippen LogP contribution is 2.32. The largest absolute Gasteiger partial charge is 0.490 e. The van der Waals surface area contributed by atoms with Gasteiger partial charge in [0.15, 0.2) is 17.5 Å². The first-order chi connectivity index (χ1) is 14.2. The van der Waals surface area contributed by atoms with Crippen LogP contribution in [0, 0.1) is 0 Å². The number of guanidine groups is 1. The third-order valence-corrected chi connectivity index (χ3v) is 5.02. The van der Waals surface area contributed by atoms with Crippen molar-refractivity contribution in [2.45, 2.75) is 32.2 Å². The Morgan fingerprint density at radius 1 is 1.03 bits per heavy atom. The molecule has 3 N–H and O–H groups in total. The lowest BCUT2D eigenvalue weighted by Crippen LogP contribution is -2.35. The van der Waals surface area contributed by atoms with Crippen molar-refractivity contribution in [2.75, 3.05) is 30.0 Å². The zero-order valence-corrected chi connectivity index (χ0v) is 19.1. The molecule has 0 radical (unpaired) electrons. The summed E-state index contributed by atoms with van der Waals surface area (Å²) in [5, 5.41) is 3.09. The molecule has 0 aromatic heterocycles. The molecule has 1 fully saturated rings. The average molecular weight is 522 g/mol. The third-order valence-electron chi connectivity index (χ3n) is 5.02. The molecule has 2 aromatic carbocycles. The summed E-state index contributed by atoms with van der Waals surface area (Å²) in [4.78, 5) is 18.3. The fraction of sp³-hybridized carbons (Fsp3) is 0.364. The Morgan fingerprint density at radius 2 is 1.80 bits per heavy atom. The van der Waals surface area contributed by atoms with Gasteiger partial charge >= 0.3 is 0 Å². The zero-order valence-electron chi connectivity index (χ0n) is 16.8. The van der Waals surface area contributed by atoms with Gasteiger partial charge in [-0.3, -0.25) is 4.79 Å². The van der Waals surface area contributed by atoms with Gasteiger partial charge in [-0.2, -0.15) is 0 Å². The molecule has 0 aliphatic carbocycles. The Labute approximate surface area is 193 Å². The Bertz CT molecular complexity index is 902. The van der Waals surface area contributed by atoms with Crippen LogP contribution in [0.15, 0.2) is 47.5 Å². The van der Waals surface area contributed by atoms with Crippen molar-refractivity contribution < 1.29 is 14.3 Å². The smallest absolute Gasteiger partial charge is 0.226 e. The molecule has 160 valence electrons. The van der Waals surface area contributed by atoms with Gasteiger partial charge in [0, 0.05) is 36.8 Å². The minimum Gasteiger partial charge on any atom is -0.490 e. The number of benzene rings is 2. The number of piperidine rings is 1. The van der Waals surface area contributed by atoms with Gasteiger partial charge in [0.2, 0.25) is 5.91 Å². The summed E-state index contributed by atoms with van der Waals surface area (Å²) < 4.78 is 11.3. The molecule has 8 heteroatoms. The molecule has 2 aliphatic heterocycles. The Kier molecular flexibility index (Phi) is 7.78. The number of nitrogens with zero attached hydrogens (tertiary/aromatic N) is 2. The maximum atomic E-state index is 12.0. The molecular weight excluding hydrogens is 495 g/mol. The molecule has 0 spiro atoms. The predicted molar refractivity (Wildman–Crippen MR) is 129 cm³/mol. The maximum Gasteiger partial charge on any atom is 0.226 e. The van der Waals surface area contributed by atoms with Gasteiger partial charge in [-0.1, -0.05) is 12.1 Å². The van der Waals surface area contributed by atoms with Crippen LogP contribution in [0.2, 0.25) is 0 Å². The molecule has 0 saturated carbocycles. The highest BCUT2D eigenvalue weighted by molar-refractivity contribution is 14.0. The second-order valence-corrected chi connectivity index (χ2v) is 7.21. The maximum absolute atomic E-state index is 12.0. The van der Waals surface area contributed by atoms with Crippen LogP contribution in [0.3, 0.4) is 0 Å². The number of hydrogen-bond acceptors (Lipinski definition) is 4. The molecule has 0 atom stereocenters. The second-order valence-electron chi connectivity index (χ2n) is 7.21. The van der Waals surface area contributed by atoms with Crippen LogP contribution in [-0.4, -0.2) is 31.6 Å². The van der Waals surface area contributed by atoms with E-state index in [1.807, 2.05) is 47.4 Å². The topological polar surface area (TPSA) is 89.2 Å².